The summed E-state index contributed by atoms with van der Waals surface area (Å²) in [4.78, 5) is 25.5. The standard InChI is InChI=1S/C19H25N5O2/c25-19(22-9-11-26-12-10-22)24-7-2-4-17(15-24)18-21-6-8-23(18)14-16-3-1-5-20-13-16/h1,3,5-6,8,13,17H,2,4,7,9-12,14-15H2/t17-/m1/s1. The van der Waals surface area contributed by atoms with Gasteiger partial charge in [-0.25, -0.2) is 9.78 Å². The largest absolute Gasteiger partial charge is 0.378 e. The third kappa shape index (κ3) is 3.72. The fraction of sp³-hybridized carbons (Fsp3) is 0.526. The molecule has 2 aliphatic rings. The van der Waals surface area contributed by atoms with Gasteiger partial charge in [-0.2, -0.15) is 0 Å². The second-order valence-corrected chi connectivity index (χ2v) is 6.94. The first-order valence-electron chi connectivity index (χ1n) is 9.33. The summed E-state index contributed by atoms with van der Waals surface area (Å²) in [6.45, 7) is 4.98. The summed E-state index contributed by atoms with van der Waals surface area (Å²) in [6.07, 6.45) is 9.63. The lowest BCUT2D eigenvalue weighted by Crippen LogP contribution is -2.50. The molecule has 0 aliphatic carbocycles. The summed E-state index contributed by atoms with van der Waals surface area (Å²) in [5.41, 5.74) is 1.16. The van der Waals surface area contributed by atoms with Crippen molar-refractivity contribution in [1.29, 1.82) is 0 Å². The average molecular weight is 355 g/mol. The summed E-state index contributed by atoms with van der Waals surface area (Å²) in [5, 5.41) is 0. The summed E-state index contributed by atoms with van der Waals surface area (Å²) in [7, 11) is 0. The van der Waals surface area contributed by atoms with E-state index in [2.05, 4.69) is 20.6 Å². The van der Waals surface area contributed by atoms with Gasteiger partial charge in [0.25, 0.3) is 0 Å². The van der Waals surface area contributed by atoms with Crippen molar-refractivity contribution in [2.75, 3.05) is 39.4 Å². The predicted molar refractivity (Wildman–Crippen MR) is 96.9 cm³/mol. The van der Waals surface area contributed by atoms with Crippen LogP contribution in [0.5, 0.6) is 0 Å². The van der Waals surface area contributed by atoms with E-state index in [-0.39, 0.29) is 11.9 Å². The number of ether oxygens (including phenoxy) is 1. The quantitative estimate of drug-likeness (QED) is 0.844. The Bertz CT molecular complexity index is 727. The third-order valence-corrected chi connectivity index (χ3v) is 5.16. The lowest BCUT2D eigenvalue weighted by Gasteiger charge is -2.37. The normalized spacial score (nSPS) is 21.0. The molecule has 2 fully saturated rings. The molecule has 2 saturated heterocycles. The number of carbonyl (C=O) groups excluding carboxylic acids is 1. The number of nitrogens with zero attached hydrogens (tertiary/aromatic N) is 5. The number of aromatic nitrogens is 3. The van der Waals surface area contributed by atoms with Crippen molar-refractivity contribution in [3.63, 3.8) is 0 Å². The van der Waals surface area contributed by atoms with Crippen molar-refractivity contribution in [2.45, 2.75) is 25.3 Å². The van der Waals surface area contributed by atoms with Crippen LogP contribution in [-0.4, -0.2) is 69.8 Å². The maximum absolute atomic E-state index is 12.8. The van der Waals surface area contributed by atoms with E-state index in [1.165, 1.54) is 0 Å². The molecule has 2 aromatic heterocycles. The Morgan fingerprint density at radius 3 is 2.88 bits per heavy atom. The van der Waals surface area contributed by atoms with Crippen LogP contribution >= 0.6 is 0 Å². The number of pyridine rings is 1. The Kier molecular flexibility index (Phi) is 5.15. The van der Waals surface area contributed by atoms with Crippen LogP contribution in [0.4, 0.5) is 4.79 Å². The van der Waals surface area contributed by atoms with Crippen LogP contribution in [0, 0.1) is 0 Å². The van der Waals surface area contributed by atoms with Crippen LogP contribution in [-0.2, 0) is 11.3 Å². The molecule has 0 radical (unpaired) electrons. The zero-order chi connectivity index (χ0) is 17.8. The molecular weight excluding hydrogens is 330 g/mol. The molecule has 7 heteroatoms. The highest BCUT2D eigenvalue weighted by Gasteiger charge is 2.30. The first-order chi connectivity index (χ1) is 12.8. The highest BCUT2D eigenvalue weighted by molar-refractivity contribution is 5.74. The van der Waals surface area contributed by atoms with E-state index in [1.807, 2.05) is 34.5 Å². The summed E-state index contributed by atoms with van der Waals surface area (Å²) in [5.74, 6) is 1.34. The molecular formula is C19H25N5O2. The number of hydrogen-bond donors (Lipinski definition) is 0. The van der Waals surface area contributed by atoms with Crippen LogP contribution in [0.25, 0.3) is 0 Å². The molecule has 0 aromatic carbocycles. The molecule has 0 bridgehead atoms. The second-order valence-electron chi connectivity index (χ2n) is 6.94. The molecule has 0 unspecified atom stereocenters. The van der Waals surface area contributed by atoms with E-state index >= 15 is 0 Å². The van der Waals surface area contributed by atoms with Crippen LogP contribution in [0.2, 0.25) is 0 Å². The Labute approximate surface area is 153 Å². The van der Waals surface area contributed by atoms with Crippen molar-refractivity contribution in [1.82, 2.24) is 24.3 Å². The molecule has 138 valence electrons. The Hall–Kier alpha value is -2.41. The van der Waals surface area contributed by atoms with Gasteiger partial charge in [-0.15, -0.1) is 0 Å². The Balaban J connectivity index is 1.45. The van der Waals surface area contributed by atoms with Crippen molar-refractivity contribution < 1.29 is 9.53 Å². The first kappa shape index (κ1) is 17.0. The summed E-state index contributed by atoms with van der Waals surface area (Å²) >= 11 is 0. The molecule has 26 heavy (non-hydrogen) atoms. The van der Waals surface area contributed by atoms with Gasteiger partial charge in [-0.1, -0.05) is 6.07 Å². The lowest BCUT2D eigenvalue weighted by atomic mass is 9.97. The third-order valence-electron chi connectivity index (χ3n) is 5.16. The van der Waals surface area contributed by atoms with E-state index < -0.39 is 0 Å². The number of morpholine rings is 1. The van der Waals surface area contributed by atoms with Crippen LogP contribution in [0.1, 0.15) is 30.1 Å². The van der Waals surface area contributed by atoms with Gasteiger partial charge in [0.05, 0.1) is 19.8 Å². The molecule has 7 nitrogen and oxygen atoms in total. The van der Waals surface area contributed by atoms with E-state index in [0.717, 1.165) is 43.9 Å². The van der Waals surface area contributed by atoms with Crippen molar-refractivity contribution in [2.24, 2.45) is 0 Å². The molecule has 0 saturated carbocycles. The van der Waals surface area contributed by atoms with Crippen LogP contribution in [0.15, 0.2) is 36.9 Å². The minimum atomic E-state index is 0.142. The van der Waals surface area contributed by atoms with Gasteiger partial charge < -0.3 is 19.1 Å². The molecule has 4 heterocycles. The van der Waals surface area contributed by atoms with Crippen molar-refractivity contribution >= 4 is 6.03 Å². The zero-order valence-electron chi connectivity index (χ0n) is 15.0. The van der Waals surface area contributed by atoms with Crippen molar-refractivity contribution in [3.8, 4) is 0 Å². The predicted octanol–water partition coefficient (Wildman–Crippen LogP) is 1.96. The number of likely N-dealkylation sites (tertiary alicyclic amines) is 1. The van der Waals surface area contributed by atoms with Gasteiger partial charge in [0, 0.05) is 56.9 Å². The smallest absolute Gasteiger partial charge is 0.320 e. The molecule has 2 aliphatic heterocycles. The number of imidazole rings is 1. The van der Waals surface area contributed by atoms with Crippen molar-refractivity contribution in [3.05, 3.63) is 48.3 Å². The molecule has 2 aromatic rings. The Morgan fingerprint density at radius 2 is 2.08 bits per heavy atom. The highest BCUT2D eigenvalue weighted by Crippen LogP contribution is 2.27. The maximum Gasteiger partial charge on any atom is 0.320 e. The SMILES string of the molecule is O=C(N1CCOCC1)N1CCC[C@@H](c2nccn2Cc2cccnc2)C1. The van der Waals surface area contributed by atoms with Gasteiger partial charge >= 0.3 is 6.03 Å². The van der Waals surface area contributed by atoms with Gasteiger partial charge in [0.2, 0.25) is 0 Å². The minimum Gasteiger partial charge on any atom is -0.378 e. The van der Waals surface area contributed by atoms with E-state index in [0.29, 0.717) is 26.3 Å². The molecule has 0 spiro atoms. The van der Waals surface area contributed by atoms with E-state index in [4.69, 9.17) is 4.74 Å². The lowest BCUT2D eigenvalue weighted by molar-refractivity contribution is 0.0407. The highest BCUT2D eigenvalue weighted by atomic mass is 16.5. The number of amides is 2. The number of urea groups is 1. The van der Waals surface area contributed by atoms with E-state index in [1.54, 1.807) is 6.20 Å². The van der Waals surface area contributed by atoms with Gasteiger partial charge in [0.15, 0.2) is 0 Å². The maximum atomic E-state index is 12.8. The van der Waals surface area contributed by atoms with Gasteiger partial charge in [-0.05, 0) is 24.5 Å². The topological polar surface area (TPSA) is 63.5 Å². The summed E-state index contributed by atoms with van der Waals surface area (Å²) in [6, 6.07) is 4.17. The molecule has 2 amide bonds. The fourth-order valence-electron chi connectivity index (χ4n) is 3.82. The van der Waals surface area contributed by atoms with Gasteiger partial charge in [-0.3, -0.25) is 4.98 Å². The number of piperidine rings is 1. The van der Waals surface area contributed by atoms with Crippen LogP contribution < -0.4 is 0 Å². The zero-order valence-corrected chi connectivity index (χ0v) is 15.0. The fourth-order valence-corrected chi connectivity index (χ4v) is 3.82. The minimum absolute atomic E-state index is 0.142. The molecule has 1 atom stereocenters. The average Bonchev–Trinajstić information content (AvgIpc) is 3.17. The second kappa shape index (κ2) is 7.86. The number of hydrogen-bond acceptors (Lipinski definition) is 4. The molecule has 4 rings (SSSR count). The Morgan fingerprint density at radius 1 is 1.19 bits per heavy atom. The van der Waals surface area contributed by atoms with Gasteiger partial charge in [0.1, 0.15) is 5.82 Å². The summed E-state index contributed by atoms with van der Waals surface area (Å²) < 4.78 is 7.54. The number of carbonyl (C=O) groups is 1. The van der Waals surface area contributed by atoms with Crippen LogP contribution in [0.3, 0.4) is 0 Å². The number of rotatable bonds is 3. The molecule has 0 N–H and O–H groups in total. The monoisotopic (exact) mass is 355 g/mol. The van der Waals surface area contributed by atoms with E-state index in [9.17, 15) is 4.79 Å². The first-order valence-corrected chi connectivity index (χ1v) is 9.33.